The van der Waals surface area contributed by atoms with Gasteiger partial charge in [-0.3, -0.25) is 4.79 Å². The number of aromatic nitrogens is 1. The maximum Gasteiger partial charge on any atom is 0.254 e. The third kappa shape index (κ3) is 3.21. The van der Waals surface area contributed by atoms with Gasteiger partial charge in [-0.15, -0.1) is 0 Å². The Morgan fingerprint density at radius 3 is 2.81 bits per heavy atom. The maximum absolute atomic E-state index is 12.9. The van der Waals surface area contributed by atoms with E-state index in [0.29, 0.717) is 13.1 Å². The summed E-state index contributed by atoms with van der Waals surface area (Å²) in [5.74, 6) is 0.522. The number of carbonyl (C=O) groups excluding carboxylic acids is 1. The Morgan fingerprint density at radius 1 is 1.19 bits per heavy atom. The minimum Gasteiger partial charge on any atom is -0.355 e. The highest BCUT2D eigenvalue weighted by Gasteiger charge is 2.21. The van der Waals surface area contributed by atoms with Gasteiger partial charge in [0.25, 0.3) is 5.91 Å². The molecule has 1 saturated heterocycles. The summed E-state index contributed by atoms with van der Waals surface area (Å²) in [6, 6.07) is 4.96. The highest BCUT2D eigenvalue weighted by molar-refractivity contribution is 7.08. The molecule has 2 aromatic heterocycles. The standard InChI is InChI=1S/C15H16FN3OS/c16-13-2-3-14(17-10-13)18-5-1-6-19(8-7-18)15(20)12-4-9-21-11-12/h2-4,9-11H,1,5-8H2. The smallest absolute Gasteiger partial charge is 0.254 e. The first kappa shape index (κ1) is 14.0. The van der Waals surface area contributed by atoms with Gasteiger partial charge in [0.1, 0.15) is 11.6 Å². The number of halogens is 1. The van der Waals surface area contributed by atoms with E-state index < -0.39 is 0 Å². The van der Waals surface area contributed by atoms with Crippen LogP contribution in [0.25, 0.3) is 0 Å². The molecule has 1 fully saturated rings. The van der Waals surface area contributed by atoms with E-state index in [0.717, 1.165) is 30.9 Å². The van der Waals surface area contributed by atoms with Crippen LogP contribution in [0.2, 0.25) is 0 Å². The Balaban J connectivity index is 1.66. The zero-order valence-electron chi connectivity index (χ0n) is 11.5. The van der Waals surface area contributed by atoms with Crippen LogP contribution in [-0.2, 0) is 0 Å². The fourth-order valence-corrected chi connectivity index (χ4v) is 3.10. The maximum atomic E-state index is 12.9. The van der Waals surface area contributed by atoms with Crippen molar-refractivity contribution in [1.29, 1.82) is 0 Å². The number of carbonyl (C=O) groups is 1. The number of hydrogen-bond acceptors (Lipinski definition) is 4. The van der Waals surface area contributed by atoms with Gasteiger partial charge in [-0.05, 0) is 30.0 Å². The van der Waals surface area contributed by atoms with Crippen LogP contribution in [0.4, 0.5) is 10.2 Å². The highest BCUT2D eigenvalue weighted by Crippen LogP contribution is 2.16. The van der Waals surface area contributed by atoms with Crippen molar-refractivity contribution in [2.75, 3.05) is 31.1 Å². The molecule has 0 N–H and O–H groups in total. The van der Waals surface area contributed by atoms with Crippen molar-refractivity contribution >= 4 is 23.1 Å². The van der Waals surface area contributed by atoms with Crippen molar-refractivity contribution in [2.24, 2.45) is 0 Å². The van der Waals surface area contributed by atoms with Gasteiger partial charge in [-0.2, -0.15) is 11.3 Å². The number of amides is 1. The molecule has 1 amide bonds. The zero-order chi connectivity index (χ0) is 14.7. The van der Waals surface area contributed by atoms with Crippen LogP contribution >= 0.6 is 11.3 Å². The zero-order valence-corrected chi connectivity index (χ0v) is 12.4. The summed E-state index contributed by atoms with van der Waals surface area (Å²) in [7, 11) is 0. The molecule has 0 aliphatic carbocycles. The molecule has 4 nitrogen and oxygen atoms in total. The topological polar surface area (TPSA) is 36.4 Å². The number of rotatable bonds is 2. The Bertz CT molecular complexity index is 600. The number of hydrogen-bond donors (Lipinski definition) is 0. The second-order valence-corrected chi connectivity index (χ2v) is 5.76. The fourth-order valence-electron chi connectivity index (χ4n) is 2.47. The van der Waals surface area contributed by atoms with Crippen molar-refractivity contribution in [3.05, 3.63) is 46.5 Å². The first-order valence-electron chi connectivity index (χ1n) is 6.92. The largest absolute Gasteiger partial charge is 0.355 e. The average molecular weight is 305 g/mol. The third-order valence-electron chi connectivity index (χ3n) is 3.59. The summed E-state index contributed by atoms with van der Waals surface area (Å²) in [5, 5.41) is 3.80. The minimum absolute atomic E-state index is 0.0881. The normalized spacial score (nSPS) is 15.9. The summed E-state index contributed by atoms with van der Waals surface area (Å²) < 4.78 is 12.9. The van der Waals surface area contributed by atoms with Crippen LogP contribution in [0, 0.1) is 5.82 Å². The highest BCUT2D eigenvalue weighted by atomic mass is 32.1. The number of thiophene rings is 1. The summed E-state index contributed by atoms with van der Waals surface area (Å²) in [4.78, 5) is 20.4. The predicted molar refractivity (Wildman–Crippen MR) is 81.2 cm³/mol. The molecule has 1 aliphatic rings. The van der Waals surface area contributed by atoms with E-state index in [-0.39, 0.29) is 11.7 Å². The van der Waals surface area contributed by atoms with E-state index in [2.05, 4.69) is 9.88 Å². The average Bonchev–Trinajstić information content (AvgIpc) is 2.92. The van der Waals surface area contributed by atoms with E-state index in [4.69, 9.17) is 0 Å². The SMILES string of the molecule is O=C(c1ccsc1)N1CCCN(c2ccc(F)cn2)CC1. The van der Waals surface area contributed by atoms with Gasteiger partial charge in [0.2, 0.25) is 0 Å². The van der Waals surface area contributed by atoms with Gasteiger partial charge in [0.05, 0.1) is 11.8 Å². The first-order valence-corrected chi connectivity index (χ1v) is 7.86. The Labute approximate surface area is 126 Å². The van der Waals surface area contributed by atoms with Gasteiger partial charge in [0, 0.05) is 31.6 Å². The predicted octanol–water partition coefficient (Wildman–Crippen LogP) is 2.63. The molecule has 2 aromatic rings. The number of nitrogens with zero attached hydrogens (tertiary/aromatic N) is 3. The lowest BCUT2D eigenvalue weighted by Gasteiger charge is -2.22. The van der Waals surface area contributed by atoms with Crippen LogP contribution in [0.5, 0.6) is 0 Å². The van der Waals surface area contributed by atoms with Crippen LogP contribution in [0.15, 0.2) is 35.2 Å². The molecular weight excluding hydrogens is 289 g/mol. The van der Waals surface area contributed by atoms with Crippen molar-refractivity contribution in [3.63, 3.8) is 0 Å². The molecule has 3 heterocycles. The van der Waals surface area contributed by atoms with Gasteiger partial charge in [-0.1, -0.05) is 0 Å². The van der Waals surface area contributed by atoms with Gasteiger partial charge < -0.3 is 9.80 Å². The quantitative estimate of drug-likeness (QED) is 0.856. The molecule has 1 aliphatic heterocycles. The van der Waals surface area contributed by atoms with Crippen LogP contribution in [0.1, 0.15) is 16.8 Å². The Kier molecular flexibility index (Phi) is 4.15. The molecule has 3 rings (SSSR count). The molecule has 6 heteroatoms. The molecule has 0 spiro atoms. The van der Waals surface area contributed by atoms with Crippen molar-refractivity contribution in [3.8, 4) is 0 Å². The molecule has 0 bridgehead atoms. The summed E-state index contributed by atoms with van der Waals surface area (Å²) >= 11 is 1.53. The number of pyridine rings is 1. The van der Waals surface area contributed by atoms with Gasteiger partial charge >= 0.3 is 0 Å². The number of anilines is 1. The molecular formula is C15H16FN3OS. The van der Waals surface area contributed by atoms with E-state index in [1.165, 1.54) is 23.6 Å². The molecule has 0 atom stereocenters. The monoisotopic (exact) mass is 305 g/mol. The molecule has 21 heavy (non-hydrogen) atoms. The Morgan fingerprint density at radius 2 is 2.10 bits per heavy atom. The molecule has 110 valence electrons. The van der Waals surface area contributed by atoms with Crippen molar-refractivity contribution < 1.29 is 9.18 Å². The van der Waals surface area contributed by atoms with Crippen LogP contribution < -0.4 is 4.90 Å². The third-order valence-corrected chi connectivity index (χ3v) is 4.27. The fraction of sp³-hybridized carbons (Fsp3) is 0.333. The van der Waals surface area contributed by atoms with Crippen molar-refractivity contribution in [1.82, 2.24) is 9.88 Å². The van der Waals surface area contributed by atoms with Crippen LogP contribution in [-0.4, -0.2) is 42.0 Å². The van der Waals surface area contributed by atoms with E-state index in [1.807, 2.05) is 21.7 Å². The first-order chi connectivity index (χ1) is 10.2. The lowest BCUT2D eigenvalue weighted by atomic mass is 10.3. The summed E-state index contributed by atoms with van der Waals surface area (Å²) in [6.07, 6.45) is 2.11. The molecule has 0 radical (unpaired) electrons. The lowest BCUT2D eigenvalue weighted by molar-refractivity contribution is 0.0767. The lowest BCUT2D eigenvalue weighted by Crippen LogP contribution is -2.35. The van der Waals surface area contributed by atoms with Crippen LogP contribution in [0.3, 0.4) is 0 Å². The minimum atomic E-state index is -0.331. The molecule has 0 aromatic carbocycles. The Hall–Kier alpha value is -1.95. The van der Waals surface area contributed by atoms with E-state index in [9.17, 15) is 9.18 Å². The second-order valence-electron chi connectivity index (χ2n) is 4.98. The molecule has 0 saturated carbocycles. The summed E-state index contributed by atoms with van der Waals surface area (Å²) in [6.45, 7) is 2.95. The second kappa shape index (κ2) is 6.22. The van der Waals surface area contributed by atoms with Gasteiger partial charge in [0.15, 0.2) is 0 Å². The van der Waals surface area contributed by atoms with E-state index in [1.54, 1.807) is 6.07 Å². The van der Waals surface area contributed by atoms with E-state index >= 15 is 0 Å². The molecule has 0 unspecified atom stereocenters. The van der Waals surface area contributed by atoms with Crippen molar-refractivity contribution in [2.45, 2.75) is 6.42 Å². The summed E-state index contributed by atoms with van der Waals surface area (Å²) in [5.41, 5.74) is 0.758. The van der Waals surface area contributed by atoms with Gasteiger partial charge in [-0.25, -0.2) is 9.37 Å².